The quantitative estimate of drug-likeness (QED) is 0.452. The van der Waals surface area contributed by atoms with Crippen molar-refractivity contribution in [2.45, 2.75) is 6.92 Å². The second kappa shape index (κ2) is 6.05. The summed E-state index contributed by atoms with van der Waals surface area (Å²) < 4.78 is 1.63. The zero-order chi connectivity index (χ0) is 19.3. The first-order valence-electron chi connectivity index (χ1n) is 8.80. The van der Waals surface area contributed by atoms with Crippen LogP contribution >= 0.6 is 0 Å². The molecule has 0 radical (unpaired) electrons. The Bertz CT molecular complexity index is 1340. The van der Waals surface area contributed by atoms with E-state index in [1.54, 1.807) is 24.1 Å². The van der Waals surface area contributed by atoms with Crippen LogP contribution in [0.2, 0.25) is 0 Å². The van der Waals surface area contributed by atoms with E-state index < -0.39 is 0 Å². The molecule has 0 aliphatic carbocycles. The highest BCUT2D eigenvalue weighted by Crippen LogP contribution is 2.33. The van der Waals surface area contributed by atoms with Gasteiger partial charge in [-0.25, -0.2) is 0 Å². The van der Waals surface area contributed by atoms with Gasteiger partial charge in [-0.1, -0.05) is 0 Å². The van der Waals surface area contributed by atoms with Gasteiger partial charge in [0, 0.05) is 47.5 Å². The number of anilines is 1. The topological polar surface area (TPSA) is 104 Å². The smallest absolute Gasteiger partial charge is 0.276 e. The number of carbonyl (C=O) groups is 1. The normalized spacial score (nSPS) is 11.4. The van der Waals surface area contributed by atoms with Crippen LogP contribution in [-0.4, -0.2) is 35.9 Å². The van der Waals surface area contributed by atoms with Crippen molar-refractivity contribution in [2.24, 2.45) is 7.05 Å². The van der Waals surface area contributed by atoms with Crippen molar-refractivity contribution in [2.75, 3.05) is 5.32 Å². The summed E-state index contributed by atoms with van der Waals surface area (Å²) in [6.45, 7) is 1.87. The molecule has 138 valence electrons. The summed E-state index contributed by atoms with van der Waals surface area (Å²) in [7, 11) is 1.79. The highest BCUT2D eigenvalue weighted by Gasteiger charge is 2.17. The van der Waals surface area contributed by atoms with E-state index in [4.69, 9.17) is 0 Å². The summed E-state index contributed by atoms with van der Waals surface area (Å²) in [5.41, 5.74) is 5.58. The first kappa shape index (κ1) is 16.2. The van der Waals surface area contributed by atoms with Crippen molar-refractivity contribution in [3.63, 3.8) is 0 Å². The Kier molecular flexibility index (Phi) is 3.51. The zero-order valence-electron chi connectivity index (χ0n) is 15.3. The maximum atomic E-state index is 12.8. The number of carbonyl (C=O) groups excluding carboxylic acids is 1. The molecule has 0 aliphatic heterocycles. The van der Waals surface area contributed by atoms with Gasteiger partial charge in [0.1, 0.15) is 0 Å². The number of H-pyrrole nitrogens is 2. The number of benzene rings is 1. The summed E-state index contributed by atoms with van der Waals surface area (Å²) in [5.74, 6) is -0.254. The number of fused-ring (bicyclic) bond motifs is 2. The highest BCUT2D eigenvalue weighted by atomic mass is 16.2. The number of nitrogens with one attached hydrogen (secondary N) is 3. The van der Waals surface area contributed by atoms with Crippen molar-refractivity contribution in [1.82, 2.24) is 29.9 Å². The number of nitrogens with zero attached hydrogens (tertiary/aromatic N) is 4. The van der Waals surface area contributed by atoms with Crippen LogP contribution in [0.25, 0.3) is 32.9 Å². The maximum Gasteiger partial charge on any atom is 0.276 e. The van der Waals surface area contributed by atoms with Crippen molar-refractivity contribution >= 4 is 33.4 Å². The van der Waals surface area contributed by atoms with Gasteiger partial charge in [-0.3, -0.25) is 19.6 Å². The Morgan fingerprint density at radius 3 is 2.86 bits per heavy atom. The molecule has 0 atom stereocenters. The molecule has 0 saturated carbocycles. The van der Waals surface area contributed by atoms with E-state index in [0.29, 0.717) is 11.4 Å². The van der Waals surface area contributed by atoms with E-state index in [0.717, 1.165) is 38.5 Å². The molecular formula is C20H17N7O. The lowest BCUT2D eigenvalue weighted by atomic mass is 10.0. The lowest BCUT2D eigenvalue weighted by Gasteiger charge is -2.10. The molecule has 3 N–H and O–H groups in total. The molecule has 1 amide bonds. The predicted molar refractivity (Wildman–Crippen MR) is 107 cm³/mol. The van der Waals surface area contributed by atoms with Gasteiger partial charge < -0.3 is 10.3 Å². The first-order chi connectivity index (χ1) is 13.6. The van der Waals surface area contributed by atoms with Gasteiger partial charge in [-0.05, 0) is 30.7 Å². The summed E-state index contributed by atoms with van der Waals surface area (Å²) in [5, 5.41) is 16.3. The summed E-state index contributed by atoms with van der Waals surface area (Å²) in [4.78, 5) is 20.3. The molecular weight excluding hydrogens is 354 g/mol. The second-order valence-electron chi connectivity index (χ2n) is 6.77. The predicted octanol–water partition coefficient (Wildman–Crippen LogP) is 3.40. The monoisotopic (exact) mass is 371 g/mol. The molecule has 0 spiro atoms. The summed E-state index contributed by atoms with van der Waals surface area (Å²) >= 11 is 0. The summed E-state index contributed by atoms with van der Waals surface area (Å²) in [6.07, 6.45) is 9.02. The minimum Gasteiger partial charge on any atom is -0.360 e. The largest absolute Gasteiger partial charge is 0.360 e. The van der Waals surface area contributed by atoms with E-state index in [-0.39, 0.29) is 5.91 Å². The van der Waals surface area contributed by atoms with Crippen LogP contribution in [0.1, 0.15) is 16.1 Å². The number of aryl methyl sites for hydroxylation is 2. The zero-order valence-corrected chi connectivity index (χ0v) is 15.3. The Balaban J connectivity index is 1.63. The third kappa shape index (κ3) is 2.54. The van der Waals surface area contributed by atoms with Crippen molar-refractivity contribution < 1.29 is 4.79 Å². The fraction of sp³-hybridized carbons (Fsp3) is 0.100. The van der Waals surface area contributed by atoms with Gasteiger partial charge in [0.05, 0.1) is 29.1 Å². The van der Waals surface area contributed by atoms with Crippen molar-refractivity contribution in [1.29, 1.82) is 0 Å². The molecule has 1 aromatic carbocycles. The third-order valence-corrected chi connectivity index (χ3v) is 4.82. The molecule has 0 fully saturated rings. The van der Waals surface area contributed by atoms with Crippen LogP contribution in [0.3, 0.4) is 0 Å². The lowest BCUT2D eigenvalue weighted by molar-refractivity contribution is 0.102. The molecule has 0 saturated heterocycles. The van der Waals surface area contributed by atoms with Crippen LogP contribution in [0, 0.1) is 6.92 Å². The molecule has 8 nitrogen and oxygen atoms in total. The number of hydrogen-bond acceptors (Lipinski definition) is 4. The number of amides is 1. The molecule has 4 heterocycles. The van der Waals surface area contributed by atoms with Gasteiger partial charge in [0.15, 0.2) is 5.69 Å². The van der Waals surface area contributed by atoms with Crippen molar-refractivity contribution in [3.05, 3.63) is 60.4 Å². The number of aromatic nitrogens is 6. The first-order valence-corrected chi connectivity index (χ1v) is 8.80. The molecule has 4 aromatic heterocycles. The Labute approximate surface area is 159 Å². The van der Waals surface area contributed by atoms with Crippen LogP contribution in [0.5, 0.6) is 0 Å². The number of pyridine rings is 1. The van der Waals surface area contributed by atoms with E-state index in [1.165, 1.54) is 0 Å². The van der Waals surface area contributed by atoms with E-state index in [2.05, 4.69) is 30.6 Å². The third-order valence-electron chi connectivity index (χ3n) is 4.82. The fourth-order valence-corrected chi connectivity index (χ4v) is 3.53. The Morgan fingerprint density at radius 1 is 1.14 bits per heavy atom. The van der Waals surface area contributed by atoms with Crippen LogP contribution < -0.4 is 5.32 Å². The highest BCUT2D eigenvalue weighted by molar-refractivity contribution is 6.10. The van der Waals surface area contributed by atoms with Gasteiger partial charge in [-0.2, -0.15) is 10.2 Å². The number of hydrogen-bond donors (Lipinski definition) is 3. The van der Waals surface area contributed by atoms with E-state index in [9.17, 15) is 4.79 Å². The second-order valence-corrected chi connectivity index (χ2v) is 6.77. The van der Waals surface area contributed by atoms with Crippen LogP contribution in [0.15, 0.2) is 49.2 Å². The standard InChI is InChI=1S/C20H17N7O/c1-11-10-27(2)26-19(11)20(28)24-16-5-12(6-17-15(16)8-23-25-17)14-7-21-9-18-13(14)3-4-22-18/h3-10,22H,1-2H3,(H,23,25)(H,24,28). The van der Waals surface area contributed by atoms with Gasteiger partial charge >= 0.3 is 0 Å². The van der Waals surface area contributed by atoms with Crippen LogP contribution in [-0.2, 0) is 7.05 Å². The molecule has 5 rings (SSSR count). The van der Waals surface area contributed by atoms with Crippen LogP contribution in [0.4, 0.5) is 5.69 Å². The minimum atomic E-state index is -0.254. The molecule has 0 unspecified atom stereocenters. The molecule has 28 heavy (non-hydrogen) atoms. The average Bonchev–Trinajstić information content (AvgIpc) is 3.40. The number of aromatic amines is 2. The Morgan fingerprint density at radius 2 is 2.04 bits per heavy atom. The maximum absolute atomic E-state index is 12.8. The minimum absolute atomic E-state index is 0.254. The molecule has 8 heteroatoms. The fourth-order valence-electron chi connectivity index (χ4n) is 3.53. The lowest BCUT2D eigenvalue weighted by Crippen LogP contribution is -2.14. The van der Waals surface area contributed by atoms with Crippen molar-refractivity contribution in [3.8, 4) is 11.1 Å². The molecule has 0 bridgehead atoms. The molecule has 5 aromatic rings. The van der Waals surface area contributed by atoms with Gasteiger partial charge in [0.2, 0.25) is 0 Å². The number of rotatable bonds is 3. The average molecular weight is 371 g/mol. The Hall–Kier alpha value is -3.94. The van der Waals surface area contributed by atoms with E-state index in [1.807, 2.05) is 43.7 Å². The van der Waals surface area contributed by atoms with Gasteiger partial charge in [0.25, 0.3) is 5.91 Å². The SMILES string of the molecule is Cc1cn(C)nc1C(=O)Nc1cc(-c2cncc3[nH]ccc23)cc2[nH]ncc12. The van der Waals surface area contributed by atoms with Gasteiger partial charge in [-0.15, -0.1) is 0 Å². The molecule has 0 aliphatic rings. The van der Waals surface area contributed by atoms with E-state index >= 15 is 0 Å². The summed E-state index contributed by atoms with van der Waals surface area (Å²) in [6, 6.07) is 5.96.